The molecule has 3 unspecified atom stereocenters. The van der Waals surface area contributed by atoms with Crippen molar-refractivity contribution in [1.82, 2.24) is 9.80 Å². The van der Waals surface area contributed by atoms with Crippen LogP contribution in [0.1, 0.15) is 39.5 Å². The third-order valence-electron chi connectivity index (χ3n) is 5.28. The number of nitrogens with one attached hydrogen (secondary N) is 1. The molecule has 0 spiro atoms. The highest BCUT2D eigenvalue weighted by Gasteiger charge is 2.29. The summed E-state index contributed by atoms with van der Waals surface area (Å²) >= 11 is 6.18. The molecule has 0 saturated carbocycles. The van der Waals surface area contributed by atoms with Crippen LogP contribution in [0.25, 0.3) is 0 Å². The Balaban J connectivity index is 1.57. The maximum absolute atomic E-state index is 12.8. The first-order valence-corrected chi connectivity index (χ1v) is 10.1. The molecule has 3 rings (SSSR count). The third kappa shape index (κ3) is 5.12. The first kappa shape index (κ1) is 19.5. The predicted molar refractivity (Wildman–Crippen MR) is 106 cm³/mol. The summed E-state index contributed by atoms with van der Waals surface area (Å²) < 4.78 is 5.82. The lowest BCUT2D eigenvalue weighted by molar-refractivity contribution is -0.0694. The zero-order valence-corrected chi connectivity index (χ0v) is 16.5. The van der Waals surface area contributed by atoms with E-state index >= 15 is 0 Å². The van der Waals surface area contributed by atoms with Crippen molar-refractivity contribution in [2.75, 3.05) is 31.5 Å². The van der Waals surface area contributed by atoms with Gasteiger partial charge in [-0.15, -0.1) is 0 Å². The van der Waals surface area contributed by atoms with Crippen LogP contribution in [0.15, 0.2) is 24.3 Å². The van der Waals surface area contributed by atoms with Gasteiger partial charge in [0.2, 0.25) is 0 Å². The molecule has 1 aromatic carbocycles. The summed E-state index contributed by atoms with van der Waals surface area (Å²) in [6, 6.07) is 7.65. The summed E-state index contributed by atoms with van der Waals surface area (Å²) in [7, 11) is 0. The number of nitrogens with zero attached hydrogens (tertiary/aromatic N) is 2. The molecule has 0 aromatic heterocycles. The maximum Gasteiger partial charge on any atom is 0.322 e. The van der Waals surface area contributed by atoms with E-state index in [1.54, 1.807) is 6.07 Å². The molecule has 2 aliphatic heterocycles. The number of rotatable bonds is 4. The number of hydrogen-bond donors (Lipinski definition) is 1. The smallest absolute Gasteiger partial charge is 0.322 e. The number of anilines is 1. The van der Waals surface area contributed by atoms with Gasteiger partial charge in [0, 0.05) is 32.2 Å². The summed E-state index contributed by atoms with van der Waals surface area (Å²) in [4.78, 5) is 17.3. The topological polar surface area (TPSA) is 44.8 Å². The number of benzene rings is 1. The van der Waals surface area contributed by atoms with Gasteiger partial charge in [0.1, 0.15) is 0 Å². The highest BCUT2D eigenvalue weighted by Crippen LogP contribution is 2.25. The summed E-state index contributed by atoms with van der Waals surface area (Å²) in [6.07, 6.45) is 4.91. The minimum absolute atomic E-state index is 0.0356. The van der Waals surface area contributed by atoms with E-state index in [0.717, 1.165) is 45.4 Å². The highest BCUT2D eigenvalue weighted by atomic mass is 35.5. The van der Waals surface area contributed by atoms with E-state index in [1.807, 2.05) is 23.1 Å². The zero-order valence-electron chi connectivity index (χ0n) is 15.8. The van der Waals surface area contributed by atoms with Gasteiger partial charge in [-0.3, -0.25) is 4.90 Å². The van der Waals surface area contributed by atoms with Crippen molar-refractivity contribution in [2.24, 2.45) is 0 Å². The Morgan fingerprint density at radius 2 is 1.96 bits per heavy atom. The van der Waals surface area contributed by atoms with Crippen molar-refractivity contribution < 1.29 is 9.53 Å². The third-order valence-corrected chi connectivity index (χ3v) is 5.61. The van der Waals surface area contributed by atoms with Crippen molar-refractivity contribution in [2.45, 2.75) is 57.8 Å². The summed E-state index contributed by atoms with van der Waals surface area (Å²) in [6.45, 7) is 8.04. The van der Waals surface area contributed by atoms with E-state index in [2.05, 4.69) is 24.1 Å². The average molecular weight is 380 g/mol. The number of piperidine rings is 1. The van der Waals surface area contributed by atoms with Crippen LogP contribution in [0.4, 0.5) is 10.5 Å². The number of hydrogen-bond acceptors (Lipinski definition) is 3. The number of urea groups is 1. The minimum Gasteiger partial charge on any atom is -0.373 e. The van der Waals surface area contributed by atoms with Gasteiger partial charge in [0.15, 0.2) is 0 Å². The van der Waals surface area contributed by atoms with E-state index in [1.165, 1.54) is 6.42 Å². The Labute approximate surface area is 161 Å². The monoisotopic (exact) mass is 379 g/mol. The maximum atomic E-state index is 12.8. The molecule has 144 valence electrons. The Bertz CT molecular complexity index is 602. The SMILES string of the molecule is CC1CN(CCC2CCCCN2C(=O)Nc2ccccc2Cl)CC(C)O1. The quantitative estimate of drug-likeness (QED) is 0.851. The van der Waals surface area contributed by atoms with Crippen molar-refractivity contribution in [1.29, 1.82) is 0 Å². The van der Waals surface area contributed by atoms with E-state index in [0.29, 0.717) is 16.8 Å². The lowest BCUT2D eigenvalue weighted by Crippen LogP contribution is -2.49. The van der Waals surface area contributed by atoms with Gasteiger partial charge in [-0.25, -0.2) is 4.79 Å². The number of para-hydroxylation sites is 1. The number of carbonyl (C=O) groups excluding carboxylic acids is 1. The number of likely N-dealkylation sites (tertiary alicyclic amines) is 1. The fourth-order valence-corrected chi connectivity index (χ4v) is 4.30. The molecule has 0 radical (unpaired) electrons. The molecule has 1 N–H and O–H groups in total. The van der Waals surface area contributed by atoms with Gasteiger partial charge >= 0.3 is 6.03 Å². The lowest BCUT2D eigenvalue weighted by atomic mass is 9.99. The van der Waals surface area contributed by atoms with E-state index in [-0.39, 0.29) is 18.2 Å². The van der Waals surface area contributed by atoms with Crippen molar-refractivity contribution in [3.05, 3.63) is 29.3 Å². The molecule has 0 bridgehead atoms. The van der Waals surface area contributed by atoms with E-state index in [4.69, 9.17) is 16.3 Å². The molecular formula is C20H30ClN3O2. The fourth-order valence-electron chi connectivity index (χ4n) is 4.12. The first-order valence-electron chi connectivity index (χ1n) is 9.73. The molecule has 2 amide bonds. The predicted octanol–water partition coefficient (Wildman–Crippen LogP) is 4.23. The summed E-state index contributed by atoms with van der Waals surface area (Å²) in [5.74, 6) is 0. The van der Waals surface area contributed by atoms with Gasteiger partial charge < -0.3 is 15.0 Å². The molecule has 3 atom stereocenters. The van der Waals surface area contributed by atoms with Crippen LogP contribution in [0.3, 0.4) is 0 Å². The van der Waals surface area contributed by atoms with Gasteiger partial charge in [-0.2, -0.15) is 0 Å². The number of halogens is 1. The molecule has 2 heterocycles. The lowest BCUT2D eigenvalue weighted by Gasteiger charge is -2.39. The Morgan fingerprint density at radius 1 is 1.23 bits per heavy atom. The van der Waals surface area contributed by atoms with E-state index < -0.39 is 0 Å². The number of morpholine rings is 1. The minimum atomic E-state index is -0.0356. The fraction of sp³-hybridized carbons (Fsp3) is 0.650. The van der Waals surface area contributed by atoms with Crippen LogP contribution >= 0.6 is 11.6 Å². The second-order valence-corrected chi connectivity index (χ2v) is 7.97. The molecule has 6 heteroatoms. The molecule has 2 aliphatic rings. The molecule has 26 heavy (non-hydrogen) atoms. The molecular weight excluding hydrogens is 350 g/mol. The number of carbonyl (C=O) groups is 1. The van der Waals surface area contributed by atoms with Gasteiger partial charge in [0.05, 0.1) is 22.9 Å². The highest BCUT2D eigenvalue weighted by molar-refractivity contribution is 6.33. The summed E-state index contributed by atoms with van der Waals surface area (Å²) in [5.41, 5.74) is 0.680. The standard InChI is InChI=1S/C20H30ClN3O2/c1-15-13-23(14-16(2)26-15)12-10-17-7-5-6-11-24(17)20(25)22-19-9-4-3-8-18(19)21/h3-4,8-9,15-17H,5-7,10-14H2,1-2H3,(H,22,25). The van der Waals surface area contributed by atoms with Crippen molar-refractivity contribution >= 4 is 23.3 Å². The van der Waals surface area contributed by atoms with Crippen LogP contribution in [0.5, 0.6) is 0 Å². The Morgan fingerprint density at radius 3 is 2.69 bits per heavy atom. The van der Waals surface area contributed by atoms with Crippen LogP contribution in [-0.2, 0) is 4.74 Å². The molecule has 2 fully saturated rings. The summed E-state index contributed by atoms with van der Waals surface area (Å²) in [5, 5.41) is 3.56. The van der Waals surface area contributed by atoms with Gasteiger partial charge in [0.25, 0.3) is 0 Å². The zero-order chi connectivity index (χ0) is 18.5. The largest absolute Gasteiger partial charge is 0.373 e. The second-order valence-electron chi connectivity index (χ2n) is 7.56. The molecule has 1 aromatic rings. The van der Waals surface area contributed by atoms with Gasteiger partial charge in [-0.1, -0.05) is 23.7 Å². The normalized spacial score (nSPS) is 27.3. The second kappa shape index (κ2) is 9.07. The van der Waals surface area contributed by atoms with Crippen LogP contribution in [-0.4, -0.2) is 60.3 Å². The van der Waals surface area contributed by atoms with Gasteiger partial charge in [-0.05, 0) is 51.7 Å². The first-order chi connectivity index (χ1) is 12.5. The number of ether oxygens (including phenoxy) is 1. The van der Waals surface area contributed by atoms with Crippen molar-refractivity contribution in [3.63, 3.8) is 0 Å². The Kier molecular flexibility index (Phi) is 6.79. The molecule has 0 aliphatic carbocycles. The number of amides is 2. The Hall–Kier alpha value is -1.30. The molecule has 5 nitrogen and oxygen atoms in total. The average Bonchev–Trinajstić information content (AvgIpc) is 2.61. The van der Waals surface area contributed by atoms with E-state index in [9.17, 15) is 4.79 Å². The van der Waals surface area contributed by atoms with Crippen LogP contribution in [0, 0.1) is 0 Å². The molecule has 2 saturated heterocycles. The van der Waals surface area contributed by atoms with Crippen LogP contribution < -0.4 is 5.32 Å². The van der Waals surface area contributed by atoms with Crippen molar-refractivity contribution in [3.8, 4) is 0 Å². The van der Waals surface area contributed by atoms with Crippen LogP contribution in [0.2, 0.25) is 5.02 Å².